The van der Waals surface area contributed by atoms with Gasteiger partial charge >= 0.3 is 12.3 Å². The van der Waals surface area contributed by atoms with Crippen LogP contribution < -0.4 is 0 Å². The summed E-state index contributed by atoms with van der Waals surface area (Å²) in [7, 11) is 0. The van der Waals surface area contributed by atoms with E-state index in [0.717, 1.165) is 12.8 Å². The number of ether oxygens (including phenoxy) is 1. The van der Waals surface area contributed by atoms with Crippen LogP contribution in [0.2, 0.25) is 0 Å². The molecule has 0 N–H and O–H groups in total. The number of unbranched alkanes of at least 4 members (excludes halogenated alkanes) is 2. The van der Waals surface area contributed by atoms with Gasteiger partial charge in [-0.3, -0.25) is 0 Å². The van der Waals surface area contributed by atoms with Crippen LogP contribution in [0.1, 0.15) is 33.1 Å². The van der Waals surface area contributed by atoms with E-state index in [0.29, 0.717) is 6.42 Å². The Morgan fingerprint density at radius 2 is 2.00 bits per heavy atom. The van der Waals surface area contributed by atoms with Crippen LogP contribution >= 0.6 is 0 Å². The number of esters is 1. The van der Waals surface area contributed by atoms with E-state index < -0.39 is 12.3 Å². The number of rotatable bonds is 4. The van der Waals surface area contributed by atoms with E-state index in [4.69, 9.17) is 0 Å². The lowest BCUT2D eigenvalue weighted by molar-refractivity contribution is -0.303. The Hall–Kier alpha value is -1.00. The summed E-state index contributed by atoms with van der Waals surface area (Å²) in [5, 5.41) is 0. The third kappa shape index (κ3) is 6.51. The van der Waals surface area contributed by atoms with Crippen LogP contribution in [0.3, 0.4) is 0 Å². The first-order valence-corrected chi connectivity index (χ1v) is 4.33. The molecule has 0 aromatic carbocycles. The summed E-state index contributed by atoms with van der Waals surface area (Å²) in [5.74, 6) is -1.33. The SMILES string of the molecule is CCCCC=C(C)C(=O)OC(F)(F)F. The third-order valence-corrected chi connectivity index (χ3v) is 1.54. The Labute approximate surface area is 80.7 Å². The summed E-state index contributed by atoms with van der Waals surface area (Å²) in [5.41, 5.74) is -0.00391. The molecule has 0 fully saturated rings. The van der Waals surface area contributed by atoms with Gasteiger partial charge in [-0.05, 0) is 13.3 Å². The minimum atomic E-state index is -4.89. The average Bonchev–Trinajstić information content (AvgIpc) is 2.01. The first-order chi connectivity index (χ1) is 6.37. The number of allylic oxidation sites excluding steroid dienone is 1. The highest BCUT2D eigenvalue weighted by atomic mass is 19.4. The second kappa shape index (κ2) is 5.67. The van der Waals surface area contributed by atoms with Gasteiger partial charge in [-0.1, -0.05) is 25.8 Å². The summed E-state index contributed by atoms with van der Waals surface area (Å²) in [6, 6.07) is 0. The molecule has 0 saturated carbocycles. The minimum absolute atomic E-state index is 0.00391. The van der Waals surface area contributed by atoms with Crippen molar-refractivity contribution in [2.45, 2.75) is 39.5 Å². The second-order valence-corrected chi connectivity index (χ2v) is 2.86. The van der Waals surface area contributed by atoms with Crippen LogP contribution in [-0.4, -0.2) is 12.3 Å². The van der Waals surface area contributed by atoms with Crippen molar-refractivity contribution >= 4 is 5.97 Å². The maximum absolute atomic E-state index is 11.6. The molecule has 14 heavy (non-hydrogen) atoms. The molecule has 0 aromatic heterocycles. The van der Waals surface area contributed by atoms with Crippen LogP contribution in [-0.2, 0) is 9.53 Å². The maximum Gasteiger partial charge on any atom is 0.575 e. The zero-order chi connectivity index (χ0) is 11.2. The molecule has 0 spiro atoms. The lowest BCUT2D eigenvalue weighted by Crippen LogP contribution is -2.19. The Bertz CT molecular complexity index is 219. The predicted molar refractivity (Wildman–Crippen MR) is 45.4 cm³/mol. The quantitative estimate of drug-likeness (QED) is 0.404. The number of carbonyl (C=O) groups excluding carboxylic acids is 1. The molecule has 0 unspecified atom stereocenters. The average molecular weight is 210 g/mol. The summed E-state index contributed by atoms with van der Waals surface area (Å²) in [6.45, 7) is 3.26. The summed E-state index contributed by atoms with van der Waals surface area (Å²) in [4.78, 5) is 10.7. The van der Waals surface area contributed by atoms with Gasteiger partial charge in [0.1, 0.15) is 0 Å². The van der Waals surface area contributed by atoms with Crippen molar-refractivity contribution in [3.63, 3.8) is 0 Å². The van der Waals surface area contributed by atoms with Crippen molar-refractivity contribution in [2.24, 2.45) is 0 Å². The largest absolute Gasteiger partial charge is 0.575 e. The van der Waals surface area contributed by atoms with E-state index >= 15 is 0 Å². The van der Waals surface area contributed by atoms with Gasteiger partial charge in [0.05, 0.1) is 0 Å². The van der Waals surface area contributed by atoms with E-state index in [2.05, 4.69) is 4.74 Å². The first-order valence-electron chi connectivity index (χ1n) is 4.33. The maximum atomic E-state index is 11.6. The molecule has 0 heterocycles. The van der Waals surface area contributed by atoms with Crippen LogP contribution in [0, 0.1) is 0 Å². The van der Waals surface area contributed by atoms with Gasteiger partial charge in [-0.15, -0.1) is 13.2 Å². The number of hydrogen-bond donors (Lipinski definition) is 0. The van der Waals surface area contributed by atoms with Crippen molar-refractivity contribution in [2.75, 3.05) is 0 Å². The number of carbonyl (C=O) groups is 1. The predicted octanol–water partition coefficient (Wildman–Crippen LogP) is 3.19. The van der Waals surface area contributed by atoms with E-state index in [1.54, 1.807) is 0 Å². The van der Waals surface area contributed by atoms with Gasteiger partial charge in [0.15, 0.2) is 0 Å². The Balaban J connectivity index is 4.05. The lowest BCUT2D eigenvalue weighted by atomic mass is 10.2. The molecule has 0 bridgehead atoms. The standard InChI is InChI=1S/C9H13F3O2/c1-3-4-5-6-7(2)8(13)14-9(10,11)12/h6H,3-5H2,1-2H3. The van der Waals surface area contributed by atoms with Crippen LogP contribution in [0.4, 0.5) is 13.2 Å². The van der Waals surface area contributed by atoms with Crippen LogP contribution in [0.15, 0.2) is 11.6 Å². The van der Waals surface area contributed by atoms with E-state index in [9.17, 15) is 18.0 Å². The van der Waals surface area contributed by atoms with Crippen molar-refractivity contribution in [1.29, 1.82) is 0 Å². The van der Waals surface area contributed by atoms with E-state index in [1.807, 2.05) is 6.92 Å². The molecule has 0 aliphatic heterocycles. The van der Waals surface area contributed by atoms with Crippen molar-refractivity contribution < 1.29 is 22.7 Å². The lowest BCUT2D eigenvalue weighted by Gasteiger charge is -2.06. The molecule has 5 heteroatoms. The van der Waals surface area contributed by atoms with Gasteiger partial charge in [0, 0.05) is 5.57 Å². The third-order valence-electron chi connectivity index (χ3n) is 1.54. The molecular formula is C9H13F3O2. The monoisotopic (exact) mass is 210 g/mol. The zero-order valence-electron chi connectivity index (χ0n) is 8.15. The normalized spacial score (nSPS) is 12.8. The van der Waals surface area contributed by atoms with Gasteiger partial charge < -0.3 is 4.74 Å². The van der Waals surface area contributed by atoms with Crippen LogP contribution in [0.5, 0.6) is 0 Å². The summed E-state index contributed by atoms with van der Waals surface area (Å²) >= 11 is 0. The van der Waals surface area contributed by atoms with Crippen molar-refractivity contribution in [3.05, 3.63) is 11.6 Å². The number of hydrogen-bond acceptors (Lipinski definition) is 2. The highest BCUT2D eigenvalue weighted by Gasteiger charge is 2.34. The second-order valence-electron chi connectivity index (χ2n) is 2.86. The van der Waals surface area contributed by atoms with Crippen molar-refractivity contribution in [1.82, 2.24) is 0 Å². The molecule has 0 amide bonds. The van der Waals surface area contributed by atoms with Gasteiger partial charge in [-0.2, -0.15) is 0 Å². The number of halogens is 3. The Kier molecular flexibility index (Phi) is 5.27. The fourth-order valence-corrected chi connectivity index (χ4v) is 0.792. The molecule has 0 rings (SSSR count). The van der Waals surface area contributed by atoms with E-state index in [-0.39, 0.29) is 5.57 Å². The molecule has 0 aliphatic carbocycles. The fraction of sp³-hybridized carbons (Fsp3) is 0.667. The zero-order valence-corrected chi connectivity index (χ0v) is 8.15. The minimum Gasteiger partial charge on any atom is -0.369 e. The number of alkyl halides is 3. The molecular weight excluding hydrogens is 197 g/mol. The molecule has 0 saturated heterocycles. The fourth-order valence-electron chi connectivity index (χ4n) is 0.792. The molecule has 0 aliphatic rings. The topological polar surface area (TPSA) is 26.3 Å². The molecule has 82 valence electrons. The molecule has 2 nitrogen and oxygen atoms in total. The summed E-state index contributed by atoms with van der Waals surface area (Å²) in [6.07, 6.45) is -1.07. The van der Waals surface area contributed by atoms with Crippen molar-refractivity contribution in [3.8, 4) is 0 Å². The van der Waals surface area contributed by atoms with Crippen LogP contribution in [0.25, 0.3) is 0 Å². The highest BCUT2D eigenvalue weighted by molar-refractivity contribution is 5.87. The molecule has 0 aromatic rings. The van der Waals surface area contributed by atoms with E-state index in [1.165, 1.54) is 13.0 Å². The molecule has 0 atom stereocenters. The van der Waals surface area contributed by atoms with Gasteiger partial charge in [0.2, 0.25) is 0 Å². The highest BCUT2D eigenvalue weighted by Crippen LogP contribution is 2.18. The first kappa shape index (κ1) is 13.0. The molecule has 0 radical (unpaired) electrons. The van der Waals surface area contributed by atoms with Gasteiger partial charge in [0.25, 0.3) is 0 Å². The van der Waals surface area contributed by atoms with Gasteiger partial charge in [-0.25, -0.2) is 4.79 Å². The summed E-state index contributed by atoms with van der Waals surface area (Å²) < 4.78 is 38.0. The Morgan fingerprint density at radius 3 is 2.43 bits per heavy atom. The Morgan fingerprint density at radius 1 is 1.43 bits per heavy atom. The smallest absolute Gasteiger partial charge is 0.369 e.